The molecule has 0 aliphatic carbocycles. The minimum Gasteiger partial charge on any atom is -0.385 e. The van der Waals surface area contributed by atoms with Gasteiger partial charge in [-0.1, -0.05) is 6.92 Å². The molecule has 2 aromatic rings. The van der Waals surface area contributed by atoms with Crippen molar-refractivity contribution in [1.29, 1.82) is 0 Å². The van der Waals surface area contributed by atoms with E-state index in [4.69, 9.17) is 0 Å². The van der Waals surface area contributed by atoms with Crippen LogP contribution in [0.15, 0.2) is 24.3 Å². The summed E-state index contributed by atoms with van der Waals surface area (Å²) < 4.78 is 0. The van der Waals surface area contributed by atoms with Crippen molar-refractivity contribution in [3.63, 3.8) is 0 Å². The van der Waals surface area contributed by atoms with Crippen LogP contribution in [0.25, 0.3) is 0 Å². The van der Waals surface area contributed by atoms with Gasteiger partial charge in [-0.15, -0.1) is 0 Å². The summed E-state index contributed by atoms with van der Waals surface area (Å²) in [5, 5.41) is 13.1. The van der Waals surface area contributed by atoms with E-state index in [9.17, 15) is 4.79 Å². The molecule has 5 heteroatoms. The number of hydrogen-bond donors (Lipinski definition) is 3. The molecule has 3 N–H and O–H groups in total. The predicted octanol–water partition coefficient (Wildman–Crippen LogP) is 2.58. The number of carbonyl (C=O) groups excluding carboxylic acids is 1. The third-order valence-electron chi connectivity index (χ3n) is 3.56. The third kappa shape index (κ3) is 2.52. The Balaban J connectivity index is 1.76. The van der Waals surface area contributed by atoms with Crippen LogP contribution in [0.3, 0.4) is 0 Å². The summed E-state index contributed by atoms with van der Waals surface area (Å²) in [6, 6.07) is 7.65. The first-order chi connectivity index (χ1) is 9.76. The molecule has 104 valence electrons. The second kappa shape index (κ2) is 5.36. The average molecular weight is 270 g/mol. The molecule has 1 amide bonds. The first-order valence-electron chi connectivity index (χ1n) is 6.98. The summed E-state index contributed by atoms with van der Waals surface area (Å²) >= 11 is 0. The normalized spacial score (nSPS) is 13.4. The zero-order valence-corrected chi connectivity index (χ0v) is 11.5. The van der Waals surface area contributed by atoms with E-state index in [2.05, 4.69) is 20.8 Å². The molecule has 0 spiro atoms. The maximum atomic E-state index is 12.2. The van der Waals surface area contributed by atoms with Crippen LogP contribution in [0, 0.1) is 0 Å². The fourth-order valence-corrected chi connectivity index (χ4v) is 2.41. The van der Waals surface area contributed by atoms with E-state index in [1.54, 1.807) is 0 Å². The largest absolute Gasteiger partial charge is 0.385 e. The first-order valence-corrected chi connectivity index (χ1v) is 6.98. The molecule has 0 atom stereocenters. The number of aromatic nitrogens is 2. The lowest BCUT2D eigenvalue weighted by Gasteiger charge is -2.18. The van der Waals surface area contributed by atoms with Gasteiger partial charge in [-0.05, 0) is 43.0 Å². The average Bonchev–Trinajstić information content (AvgIpc) is 2.94. The molecule has 1 aliphatic rings. The SMILES string of the molecule is CCc1cc(NC(=O)c2ccc3c(c2)CCCN3)n[nH]1. The minimum absolute atomic E-state index is 0.118. The van der Waals surface area contributed by atoms with E-state index in [-0.39, 0.29) is 5.91 Å². The van der Waals surface area contributed by atoms with Gasteiger partial charge >= 0.3 is 0 Å². The van der Waals surface area contributed by atoms with Crippen LogP contribution in [0.1, 0.15) is 35.0 Å². The van der Waals surface area contributed by atoms with Crippen molar-refractivity contribution in [2.75, 3.05) is 17.2 Å². The Hall–Kier alpha value is -2.30. The number of hydrogen-bond acceptors (Lipinski definition) is 3. The van der Waals surface area contributed by atoms with Gasteiger partial charge in [0, 0.05) is 29.6 Å². The van der Waals surface area contributed by atoms with Crippen molar-refractivity contribution in [3.05, 3.63) is 41.1 Å². The number of aromatic amines is 1. The van der Waals surface area contributed by atoms with Crippen molar-refractivity contribution in [1.82, 2.24) is 10.2 Å². The lowest BCUT2D eigenvalue weighted by atomic mass is 10.0. The van der Waals surface area contributed by atoms with Crippen LogP contribution in [0.4, 0.5) is 11.5 Å². The lowest BCUT2D eigenvalue weighted by molar-refractivity contribution is 0.102. The van der Waals surface area contributed by atoms with Crippen molar-refractivity contribution in [2.24, 2.45) is 0 Å². The van der Waals surface area contributed by atoms with E-state index in [1.165, 1.54) is 5.56 Å². The van der Waals surface area contributed by atoms with Crippen LogP contribution in [0.5, 0.6) is 0 Å². The minimum atomic E-state index is -0.118. The smallest absolute Gasteiger partial charge is 0.256 e. The Morgan fingerprint density at radius 2 is 2.30 bits per heavy atom. The van der Waals surface area contributed by atoms with Gasteiger partial charge in [0.05, 0.1) is 0 Å². The molecule has 20 heavy (non-hydrogen) atoms. The highest BCUT2D eigenvalue weighted by Gasteiger charge is 2.13. The third-order valence-corrected chi connectivity index (χ3v) is 3.56. The molecule has 1 aromatic heterocycles. The van der Waals surface area contributed by atoms with Crippen molar-refractivity contribution in [2.45, 2.75) is 26.2 Å². The maximum Gasteiger partial charge on any atom is 0.256 e. The predicted molar refractivity (Wildman–Crippen MR) is 79.2 cm³/mol. The van der Waals surface area contributed by atoms with Gasteiger partial charge in [-0.2, -0.15) is 5.10 Å². The van der Waals surface area contributed by atoms with E-state index in [0.29, 0.717) is 11.4 Å². The van der Waals surface area contributed by atoms with Gasteiger partial charge in [0.2, 0.25) is 0 Å². The summed E-state index contributed by atoms with van der Waals surface area (Å²) in [6.45, 7) is 3.04. The molecule has 1 aromatic carbocycles. The number of amides is 1. The summed E-state index contributed by atoms with van der Waals surface area (Å²) in [5.74, 6) is 0.454. The van der Waals surface area contributed by atoms with Gasteiger partial charge < -0.3 is 10.6 Å². The zero-order valence-electron chi connectivity index (χ0n) is 11.5. The number of nitrogens with zero attached hydrogens (tertiary/aromatic N) is 1. The van der Waals surface area contributed by atoms with Gasteiger partial charge in [0.25, 0.3) is 5.91 Å². The summed E-state index contributed by atoms with van der Waals surface area (Å²) in [4.78, 5) is 12.2. The van der Waals surface area contributed by atoms with Crippen LogP contribution in [-0.2, 0) is 12.8 Å². The van der Waals surface area contributed by atoms with Gasteiger partial charge in [0.15, 0.2) is 5.82 Å². The quantitative estimate of drug-likeness (QED) is 0.803. The van der Waals surface area contributed by atoms with Crippen molar-refractivity contribution in [3.8, 4) is 0 Å². The molecule has 2 heterocycles. The molecule has 5 nitrogen and oxygen atoms in total. The summed E-state index contributed by atoms with van der Waals surface area (Å²) in [7, 11) is 0. The molecule has 0 bridgehead atoms. The summed E-state index contributed by atoms with van der Waals surface area (Å²) in [5.41, 5.74) is 4.03. The molecule has 3 rings (SSSR count). The number of carbonyl (C=O) groups is 1. The van der Waals surface area contributed by atoms with E-state index in [0.717, 1.165) is 37.2 Å². The number of nitrogens with one attached hydrogen (secondary N) is 3. The molecule has 0 radical (unpaired) electrons. The highest BCUT2D eigenvalue weighted by molar-refractivity contribution is 6.04. The van der Waals surface area contributed by atoms with Crippen LogP contribution in [-0.4, -0.2) is 22.6 Å². The monoisotopic (exact) mass is 270 g/mol. The molecule has 0 unspecified atom stereocenters. The Morgan fingerprint density at radius 1 is 1.40 bits per heavy atom. The fourth-order valence-electron chi connectivity index (χ4n) is 2.41. The van der Waals surface area contributed by atoms with E-state index >= 15 is 0 Å². The number of rotatable bonds is 3. The molecular formula is C15H18N4O. The second-order valence-corrected chi connectivity index (χ2v) is 4.99. The molecule has 0 saturated heterocycles. The summed E-state index contributed by atoms with van der Waals surface area (Å²) in [6.07, 6.45) is 3.00. The first kappa shape index (κ1) is 12.7. The lowest BCUT2D eigenvalue weighted by Crippen LogP contribution is -2.15. The number of aryl methyl sites for hydroxylation is 2. The van der Waals surface area contributed by atoms with Gasteiger partial charge in [-0.3, -0.25) is 9.89 Å². The molecule has 1 aliphatic heterocycles. The van der Waals surface area contributed by atoms with Gasteiger partial charge in [-0.25, -0.2) is 0 Å². The van der Waals surface area contributed by atoms with E-state index in [1.807, 2.05) is 31.2 Å². The van der Waals surface area contributed by atoms with Gasteiger partial charge in [0.1, 0.15) is 0 Å². The zero-order chi connectivity index (χ0) is 13.9. The maximum absolute atomic E-state index is 12.2. The number of anilines is 2. The Labute approximate surface area is 117 Å². The topological polar surface area (TPSA) is 69.8 Å². The Kier molecular flexibility index (Phi) is 3.41. The number of fused-ring (bicyclic) bond motifs is 1. The molecular weight excluding hydrogens is 252 g/mol. The van der Waals surface area contributed by atoms with Crippen LogP contribution in [0.2, 0.25) is 0 Å². The van der Waals surface area contributed by atoms with E-state index < -0.39 is 0 Å². The second-order valence-electron chi connectivity index (χ2n) is 4.99. The van der Waals surface area contributed by atoms with Crippen LogP contribution >= 0.6 is 0 Å². The highest BCUT2D eigenvalue weighted by Crippen LogP contribution is 2.23. The molecule has 0 saturated carbocycles. The van der Waals surface area contributed by atoms with Crippen molar-refractivity contribution >= 4 is 17.4 Å². The van der Waals surface area contributed by atoms with Crippen molar-refractivity contribution < 1.29 is 4.79 Å². The van der Waals surface area contributed by atoms with Crippen LogP contribution < -0.4 is 10.6 Å². The number of benzene rings is 1. The molecule has 0 fully saturated rings. The standard InChI is InChI=1S/C15H18N4O/c1-2-12-9-14(19-18-12)17-15(20)11-5-6-13-10(8-11)4-3-7-16-13/h5-6,8-9,16H,2-4,7H2,1H3,(H2,17,18,19,20). The highest BCUT2D eigenvalue weighted by atomic mass is 16.1. The Bertz CT molecular complexity index is 633. The fraction of sp³-hybridized carbons (Fsp3) is 0.333. The Morgan fingerprint density at radius 3 is 3.10 bits per heavy atom. The number of H-pyrrole nitrogens is 1.